The van der Waals surface area contributed by atoms with Gasteiger partial charge in [-0.05, 0) is 6.92 Å². The summed E-state index contributed by atoms with van der Waals surface area (Å²) in [6.07, 6.45) is 0. The van der Waals surface area contributed by atoms with Crippen molar-refractivity contribution in [2.75, 3.05) is 0 Å². The van der Waals surface area contributed by atoms with Crippen molar-refractivity contribution >= 4 is 16.0 Å². The summed E-state index contributed by atoms with van der Waals surface area (Å²) >= 11 is 0. The molecule has 1 unspecified atom stereocenters. The van der Waals surface area contributed by atoms with E-state index in [9.17, 15) is 13.2 Å². The minimum absolute atomic E-state index is 0.495. The van der Waals surface area contributed by atoms with Gasteiger partial charge in [-0.25, -0.2) is 0 Å². The Morgan fingerprint density at radius 3 is 2.10 bits per heavy atom. The standard InChI is InChI=1S/C4H9NO4S/c1-3(6)5-4(2)10(7,8)9/h4H,1-2H3,(H,5,6)(H,7,8,9). The summed E-state index contributed by atoms with van der Waals surface area (Å²) in [5.74, 6) is -0.495. The second-order valence-electron chi connectivity index (χ2n) is 1.86. The van der Waals surface area contributed by atoms with Gasteiger partial charge in [-0.1, -0.05) is 0 Å². The van der Waals surface area contributed by atoms with Gasteiger partial charge in [0.15, 0.2) is 5.37 Å². The van der Waals surface area contributed by atoms with Crippen LogP contribution in [0.3, 0.4) is 0 Å². The Labute approximate surface area is 59.2 Å². The van der Waals surface area contributed by atoms with Crippen LogP contribution in [-0.4, -0.2) is 24.3 Å². The van der Waals surface area contributed by atoms with E-state index in [2.05, 4.69) is 0 Å². The summed E-state index contributed by atoms with van der Waals surface area (Å²) in [6, 6.07) is 0. The molecule has 0 aromatic carbocycles. The van der Waals surface area contributed by atoms with Gasteiger partial charge in [0.1, 0.15) is 0 Å². The normalized spacial score (nSPS) is 14.3. The van der Waals surface area contributed by atoms with Gasteiger partial charge in [-0.15, -0.1) is 0 Å². The third-order valence-corrected chi connectivity index (χ3v) is 1.86. The van der Waals surface area contributed by atoms with Crippen LogP contribution in [0.4, 0.5) is 0 Å². The first-order valence-corrected chi connectivity index (χ1v) is 4.07. The Bertz CT molecular complexity index is 219. The number of hydrogen-bond donors (Lipinski definition) is 2. The molecule has 1 atom stereocenters. The summed E-state index contributed by atoms with van der Waals surface area (Å²) < 4.78 is 28.7. The molecule has 0 aliphatic rings. The molecule has 0 saturated carbocycles. The van der Waals surface area contributed by atoms with Gasteiger partial charge in [0.25, 0.3) is 10.1 Å². The Kier molecular flexibility index (Phi) is 2.79. The van der Waals surface area contributed by atoms with Gasteiger partial charge in [0.2, 0.25) is 5.91 Å². The van der Waals surface area contributed by atoms with E-state index >= 15 is 0 Å². The molecule has 0 rings (SSSR count). The highest BCUT2D eigenvalue weighted by Crippen LogP contribution is 1.90. The Morgan fingerprint density at radius 2 is 2.00 bits per heavy atom. The van der Waals surface area contributed by atoms with Crippen molar-refractivity contribution in [3.05, 3.63) is 0 Å². The van der Waals surface area contributed by atoms with Crippen LogP contribution in [0, 0.1) is 0 Å². The highest BCUT2D eigenvalue weighted by molar-refractivity contribution is 7.86. The van der Waals surface area contributed by atoms with Gasteiger partial charge in [-0.3, -0.25) is 9.35 Å². The average molecular weight is 167 g/mol. The second-order valence-corrected chi connectivity index (χ2v) is 3.59. The van der Waals surface area contributed by atoms with Crippen LogP contribution >= 0.6 is 0 Å². The molecular formula is C4H9NO4S. The van der Waals surface area contributed by atoms with Crippen molar-refractivity contribution in [2.45, 2.75) is 19.2 Å². The van der Waals surface area contributed by atoms with Crippen molar-refractivity contribution in [1.29, 1.82) is 0 Å². The summed E-state index contributed by atoms with van der Waals surface area (Å²) in [5.41, 5.74) is 0. The molecule has 5 nitrogen and oxygen atoms in total. The lowest BCUT2D eigenvalue weighted by Crippen LogP contribution is -2.36. The molecule has 0 heterocycles. The van der Waals surface area contributed by atoms with E-state index in [0.29, 0.717) is 0 Å². The van der Waals surface area contributed by atoms with E-state index in [0.717, 1.165) is 0 Å². The summed E-state index contributed by atoms with van der Waals surface area (Å²) in [6.45, 7) is 2.35. The lowest BCUT2D eigenvalue weighted by molar-refractivity contribution is -0.119. The summed E-state index contributed by atoms with van der Waals surface area (Å²) in [5, 5.41) is 0.774. The fourth-order valence-corrected chi connectivity index (χ4v) is 0.676. The van der Waals surface area contributed by atoms with Crippen LogP contribution in [0.5, 0.6) is 0 Å². The molecule has 0 saturated heterocycles. The predicted molar refractivity (Wildman–Crippen MR) is 34.8 cm³/mol. The zero-order valence-corrected chi connectivity index (χ0v) is 6.47. The number of carbonyl (C=O) groups excluding carboxylic acids is 1. The zero-order chi connectivity index (χ0) is 8.36. The SMILES string of the molecule is CC(=O)NC(C)S(=O)(=O)O. The molecule has 0 radical (unpaired) electrons. The maximum Gasteiger partial charge on any atom is 0.285 e. The highest BCUT2D eigenvalue weighted by Gasteiger charge is 2.16. The molecule has 60 valence electrons. The fraction of sp³-hybridized carbons (Fsp3) is 0.750. The number of hydrogen-bond acceptors (Lipinski definition) is 3. The minimum atomic E-state index is -4.13. The largest absolute Gasteiger partial charge is 0.338 e. The van der Waals surface area contributed by atoms with E-state index in [-0.39, 0.29) is 0 Å². The lowest BCUT2D eigenvalue weighted by Gasteiger charge is -2.07. The number of rotatable bonds is 2. The molecule has 0 spiro atoms. The highest BCUT2D eigenvalue weighted by atomic mass is 32.2. The molecule has 0 fully saturated rings. The molecule has 6 heteroatoms. The first kappa shape index (κ1) is 9.38. The Morgan fingerprint density at radius 1 is 1.60 bits per heavy atom. The van der Waals surface area contributed by atoms with Crippen LogP contribution in [0.1, 0.15) is 13.8 Å². The Hall–Kier alpha value is -0.620. The van der Waals surface area contributed by atoms with Crippen LogP contribution in [-0.2, 0) is 14.9 Å². The monoisotopic (exact) mass is 167 g/mol. The number of carbonyl (C=O) groups is 1. The van der Waals surface area contributed by atoms with E-state index in [1.165, 1.54) is 13.8 Å². The smallest absolute Gasteiger partial charge is 0.285 e. The van der Waals surface area contributed by atoms with Crippen molar-refractivity contribution in [3.8, 4) is 0 Å². The Balaban J connectivity index is 4.12. The maximum absolute atomic E-state index is 10.2. The molecule has 0 bridgehead atoms. The molecule has 1 amide bonds. The third kappa shape index (κ3) is 3.41. The van der Waals surface area contributed by atoms with Crippen molar-refractivity contribution in [3.63, 3.8) is 0 Å². The van der Waals surface area contributed by atoms with Gasteiger partial charge in [-0.2, -0.15) is 8.42 Å². The van der Waals surface area contributed by atoms with Gasteiger partial charge in [0.05, 0.1) is 0 Å². The van der Waals surface area contributed by atoms with E-state index in [4.69, 9.17) is 4.55 Å². The van der Waals surface area contributed by atoms with Crippen LogP contribution in [0.25, 0.3) is 0 Å². The quantitative estimate of drug-likeness (QED) is 0.535. The molecular weight excluding hydrogens is 158 g/mol. The van der Waals surface area contributed by atoms with E-state index in [1.54, 1.807) is 0 Å². The molecule has 10 heavy (non-hydrogen) atoms. The molecule has 0 aliphatic heterocycles. The first-order valence-electron chi connectivity index (χ1n) is 2.57. The van der Waals surface area contributed by atoms with E-state index < -0.39 is 21.4 Å². The minimum Gasteiger partial charge on any atom is -0.338 e. The predicted octanol–water partition coefficient (Wildman–Crippen LogP) is -0.644. The summed E-state index contributed by atoms with van der Waals surface area (Å²) in [7, 11) is -4.13. The lowest BCUT2D eigenvalue weighted by atomic mass is 10.6. The van der Waals surface area contributed by atoms with Crippen molar-refractivity contribution in [2.24, 2.45) is 0 Å². The molecule has 0 aromatic heterocycles. The first-order chi connectivity index (χ1) is 4.34. The van der Waals surface area contributed by atoms with Gasteiger partial charge >= 0.3 is 0 Å². The average Bonchev–Trinajstić information content (AvgIpc) is 1.60. The van der Waals surface area contributed by atoms with E-state index in [1.807, 2.05) is 5.32 Å². The molecule has 2 N–H and O–H groups in total. The maximum atomic E-state index is 10.2. The summed E-state index contributed by atoms with van der Waals surface area (Å²) in [4.78, 5) is 10.2. The van der Waals surface area contributed by atoms with Crippen LogP contribution in [0.2, 0.25) is 0 Å². The second kappa shape index (κ2) is 2.98. The molecule has 0 aromatic rings. The third-order valence-electron chi connectivity index (χ3n) is 0.853. The van der Waals surface area contributed by atoms with Gasteiger partial charge < -0.3 is 5.32 Å². The number of nitrogens with one attached hydrogen (secondary N) is 1. The topological polar surface area (TPSA) is 83.5 Å². The molecule has 0 aliphatic carbocycles. The number of amides is 1. The van der Waals surface area contributed by atoms with Gasteiger partial charge in [0, 0.05) is 6.92 Å². The fourth-order valence-electron chi connectivity index (χ4n) is 0.361. The van der Waals surface area contributed by atoms with Crippen molar-refractivity contribution < 1.29 is 17.8 Å². The van der Waals surface area contributed by atoms with Crippen molar-refractivity contribution in [1.82, 2.24) is 5.32 Å². The van der Waals surface area contributed by atoms with Crippen LogP contribution < -0.4 is 5.32 Å². The zero-order valence-electron chi connectivity index (χ0n) is 5.66. The van der Waals surface area contributed by atoms with Crippen LogP contribution in [0.15, 0.2) is 0 Å².